The zero-order valence-electron chi connectivity index (χ0n) is 14.7. The van der Waals surface area contributed by atoms with Gasteiger partial charge in [0, 0.05) is 5.69 Å². The molecule has 0 aliphatic rings. The molecule has 144 valence electrons. The molecule has 3 aromatic rings. The Kier molecular flexibility index (Phi) is 5.81. The Morgan fingerprint density at radius 2 is 1.93 bits per heavy atom. The summed E-state index contributed by atoms with van der Waals surface area (Å²) in [7, 11) is -3.80. The normalized spacial score (nSPS) is 11.5. The highest BCUT2D eigenvalue weighted by Crippen LogP contribution is 2.27. The minimum atomic E-state index is -3.80. The average molecular weight is 418 g/mol. The Morgan fingerprint density at radius 3 is 2.61 bits per heavy atom. The van der Waals surface area contributed by atoms with Gasteiger partial charge in [0.15, 0.2) is 0 Å². The number of aryl methyl sites for hydroxylation is 1. The number of nitrogens with zero attached hydrogens (tertiary/aromatic N) is 1. The topological polar surface area (TPSA) is 101 Å². The molecule has 2 N–H and O–H groups in total. The molecule has 0 saturated heterocycles. The van der Waals surface area contributed by atoms with Crippen molar-refractivity contribution in [2.45, 2.75) is 6.92 Å². The molecule has 0 radical (unpaired) electrons. The maximum atomic E-state index is 12.3. The van der Waals surface area contributed by atoms with Gasteiger partial charge in [0.1, 0.15) is 11.3 Å². The minimum Gasteiger partial charge on any atom is -0.361 e. The first-order valence-corrected chi connectivity index (χ1v) is 10.0. The van der Waals surface area contributed by atoms with Gasteiger partial charge in [0.25, 0.3) is 15.9 Å². The standard InChI is InChI=1S/C19H16ClN3O4S/c1-13-16(12-21-27-13)19(24)22-15-7-8-17(20)18(11-15)23-28(25,26)10-9-14-5-3-2-4-6-14/h2-12,23H,1H3,(H,22,24)/b10-9+. The monoisotopic (exact) mass is 417 g/mol. The molecule has 1 heterocycles. The van der Waals surface area contributed by atoms with E-state index >= 15 is 0 Å². The third kappa shape index (κ3) is 4.99. The van der Waals surface area contributed by atoms with Crippen LogP contribution in [0, 0.1) is 6.92 Å². The third-order valence-corrected chi connectivity index (χ3v) is 5.04. The predicted molar refractivity (Wildman–Crippen MR) is 109 cm³/mol. The van der Waals surface area contributed by atoms with Gasteiger partial charge in [-0.2, -0.15) is 0 Å². The summed E-state index contributed by atoms with van der Waals surface area (Å²) < 4.78 is 31.9. The van der Waals surface area contributed by atoms with Crippen LogP contribution in [0.15, 0.2) is 64.7 Å². The van der Waals surface area contributed by atoms with Gasteiger partial charge in [0.05, 0.1) is 22.3 Å². The molecule has 7 nitrogen and oxygen atoms in total. The number of sulfonamides is 1. The summed E-state index contributed by atoms with van der Waals surface area (Å²) in [4.78, 5) is 12.2. The number of hydrogen-bond acceptors (Lipinski definition) is 5. The molecule has 9 heteroatoms. The van der Waals surface area contributed by atoms with E-state index in [9.17, 15) is 13.2 Å². The van der Waals surface area contributed by atoms with Crippen LogP contribution in [0.1, 0.15) is 21.7 Å². The van der Waals surface area contributed by atoms with Crippen LogP contribution in [0.5, 0.6) is 0 Å². The number of nitrogens with one attached hydrogen (secondary N) is 2. The molecule has 0 fully saturated rings. The van der Waals surface area contributed by atoms with Crippen LogP contribution >= 0.6 is 11.6 Å². The lowest BCUT2D eigenvalue weighted by Gasteiger charge is -2.10. The van der Waals surface area contributed by atoms with Crippen molar-refractivity contribution in [3.63, 3.8) is 0 Å². The van der Waals surface area contributed by atoms with Gasteiger partial charge in [-0.1, -0.05) is 47.1 Å². The zero-order chi connectivity index (χ0) is 20.1. The highest BCUT2D eigenvalue weighted by atomic mass is 35.5. The van der Waals surface area contributed by atoms with Gasteiger partial charge in [-0.3, -0.25) is 9.52 Å². The van der Waals surface area contributed by atoms with E-state index in [0.717, 1.165) is 11.0 Å². The van der Waals surface area contributed by atoms with Crippen molar-refractivity contribution in [3.8, 4) is 0 Å². The first-order chi connectivity index (χ1) is 13.3. The highest BCUT2D eigenvalue weighted by molar-refractivity contribution is 7.95. The third-order valence-electron chi connectivity index (χ3n) is 3.71. The van der Waals surface area contributed by atoms with E-state index in [1.807, 2.05) is 6.07 Å². The number of hydrogen-bond donors (Lipinski definition) is 2. The largest absolute Gasteiger partial charge is 0.361 e. The Labute approximate surface area is 167 Å². The second-order valence-corrected chi connectivity index (χ2v) is 7.78. The average Bonchev–Trinajstić information content (AvgIpc) is 3.10. The van der Waals surface area contributed by atoms with Crippen LogP contribution in [0.4, 0.5) is 11.4 Å². The lowest BCUT2D eigenvalue weighted by molar-refractivity contribution is 0.102. The number of benzene rings is 2. The van der Waals surface area contributed by atoms with Crippen LogP contribution < -0.4 is 10.0 Å². The van der Waals surface area contributed by atoms with E-state index in [2.05, 4.69) is 15.2 Å². The summed E-state index contributed by atoms with van der Waals surface area (Å²) in [5.41, 5.74) is 1.52. The molecule has 0 aliphatic heterocycles. The second kappa shape index (κ2) is 8.28. The number of rotatable bonds is 6. The lowest BCUT2D eigenvalue weighted by Crippen LogP contribution is -2.13. The number of halogens is 1. The highest BCUT2D eigenvalue weighted by Gasteiger charge is 2.15. The fourth-order valence-electron chi connectivity index (χ4n) is 2.32. The fraction of sp³-hybridized carbons (Fsp3) is 0.0526. The van der Waals surface area contributed by atoms with Crippen molar-refractivity contribution < 1.29 is 17.7 Å². The van der Waals surface area contributed by atoms with E-state index < -0.39 is 15.9 Å². The van der Waals surface area contributed by atoms with Crippen LogP contribution in [0.25, 0.3) is 6.08 Å². The molecule has 1 aromatic heterocycles. The maximum Gasteiger partial charge on any atom is 0.260 e. The quantitative estimate of drug-likeness (QED) is 0.622. The van der Waals surface area contributed by atoms with Crippen LogP contribution in [0.2, 0.25) is 5.02 Å². The molecule has 0 aliphatic carbocycles. The van der Waals surface area contributed by atoms with Crippen LogP contribution in [-0.4, -0.2) is 19.5 Å². The number of amides is 1. The second-order valence-electron chi connectivity index (χ2n) is 5.80. The van der Waals surface area contributed by atoms with Crippen molar-refractivity contribution in [2.75, 3.05) is 10.0 Å². The first-order valence-electron chi connectivity index (χ1n) is 8.12. The zero-order valence-corrected chi connectivity index (χ0v) is 16.3. The Balaban J connectivity index is 1.77. The molecule has 0 atom stereocenters. The first kappa shape index (κ1) is 19.7. The van der Waals surface area contributed by atoms with Gasteiger partial charge in [0.2, 0.25) is 0 Å². The molecule has 0 unspecified atom stereocenters. The molecule has 3 rings (SSSR count). The van der Waals surface area contributed by atoms with Crippen molar-refractivity contribution in [1.29, 1.82) is 0 Å². The molecule has 28 heavy (non-hydrogen) atoms. The van der Waals surface area contributed by atoms with E-state index in [4.69, 9.17) is 16.1 Å². The minimum absolute atomic E-state index is 0.138. The lowest BCUT2D eigenvalue weighted by atomic mass is 10.2. The fourth-order valence-corrected chi connectivity index (χ4v) is 3.42. The molecule has 1 amide bonds. The van der Waals surface area contributed by atoms with E-state index in [1.54, 1.807) is 37.3 Å². The van der Waals surface area contributed by atoms with Gasteiger partial charge in [-0.15, -0.1) is 0 Å². The van der Waals surface area contributed by atoms with E-state index in [0.29, 0.717) is 11.4 Å². The number of carbonyl (C=O) groups excluding carboxylic acids is 1. The Hall–Kier alpha value is -3.10. The number of aromatic nitrogens is 1. The molecule has 0 saturated carbocycles. The number of carbonyl (C=O) groups is 1. The van der Waals surface area contributed by atoms with Crippen molar-refractivity contribution in [1.82, 2.24) is 5.16 Å². The van der Waals surface area contributed by atoms with Gasteiger partial charge in [-0.05, 0) is 36.8 Å². The van der Waals surface area contributed by atoms with Crippen molar-refractivity contribution >= 4 is 45.0 Å². The number of anilines is 2. The van der Waals surface area contributed by atoms with E-state index in [1.165, 1.54) is 24.4 Å². The predicted octanol–water partition coefficient (Wildman–Crippen LogP) is 4.30. The molecule has 0 spiro atoms. The SMILES string of the molecule is Cc1oncc1C(=O)Nc1ccc(Cl)c(NS(=O)(=O)/C=C/c2ccccc2)c1. The smallest absolute Gasteiger partial charge is 0.260 e. The van der Waals surface area contributed by atoms with Gasteiger partial charge in [-0.25, -0.2) is 8.42 Å². The Morgan fingerprint density at radius 1 is 1.18 bits per heavy atom. The van der Waals surface area contributed by atoms with Crippen LogP contribution in [-0.2, 0) is 10.0 Å². The van der Waals surface area contributed by atoms with Gasteiger partial charge >= 0.3 is 0 Å². The molecular formula is C19H16ClN3O4S. The van der Waals surface area contributed by atoms with Crippen molar-refractivity contribution in [3.05, 3.63) is 82.0 Å². The van der Waals surface area contributed by atoms with Crippen molar-refractivity contribution in [2.24, 2.45) is 0 Å². The summed E-state index contributed by atoms with van der Waals surface area (Å²) >= 11 is 6.09. The summed E-state index contributed by atoms with van der Waals surface area (Å²) in [5.74, 6) is -0.0581. The van der Waals surface area contributed by atoms with Crippen LogP contribution in [0.3, 0.4) is 0 Å². The van der Waals surface area contributed by atoms with Gasteiger partial charge < -0.3 is 9.84 Å². The summed E-state index contributed by atoms with van der Waals surface area (Å²) in [5, 5.41) is 7.44. The molecular weight excluding hydrogens is 402 g/mol. The maximum absolute atomic E-state index is 12.3. The summed E-state index contributed by atoms with van der Waals surface area (Å²) in [6, 6.07) is 13.5. The summed E-state index contributed by atoms with van der Waals surface area (Å²) in [6.45, 7) is 1.61. The Bertz CT molecular complexity index is 1130. The molecule has 0 bridgehead atoms. The van der Waals surface area contributed by atoms with E-state index in [-0.39, 0.29) is 16.3 Å². The molecule has 2 aromatic carbocycles. The summed E-state index contributed by atoms with van der Waals surface area (Å²) in [6.07, 6.45) is 2.77.